The minimum atomic E-state index is 0.678. The summed E-state index contributed by atoms with van der Waals surface area (Å²) in [6.45, 7) is 2.87. The van der Waals surface area contributed by atoms with Crippen LogP contribution in [0.2, 0.25) is 0 Å². The standard InChI is InChI=1S/C16H15BrN2/c1-12-5-3-6-13(9-12)11-19(2)16-8-4-7-15(17)14(16)10-18/h3-9H,11H2,1-2H3. The van der Waals surface area contributed by atoms with E-state index in [9.17, 15) is 5.26 Å². The summed E-state index contributed by atoms with van der Waals surface area (Å²) in [4.78, 5) is 2.10. The number of nitrogens with zero attached hydrogens (tertiary/aromatic N) is 2. The van der Waals surface area contributed by atoms with Gasteiger partial charge in [0.1, 0.15) is 6.07 Å². The molecule has 0 heterocycles. The van der Waals surface area contributed by atoms with E-state index in [1.165, 1.54) is 11.1 Å². The molecule has 3 heteroatoms. The second-order valence-corrected chi connectivity index (χ2v) is 5.45. The topological polar surface area (TPSA) is 27.0 Å². The Kier molecular flexibility index (Phi) is 4.24. The molecule has 2 nitrogen and oxygen atoms in total. The fourth-order valence-corrected chi connectivity index (χ4v) is 2.56. The van der Waals surface area contributed by atoms with E-state index >= 15 is 0 Å². The van der Waals surface area contributed by atoms with Crippen molar-refractivity contribution in [1.29, 1.82) is 5.26 Å². The lowest BCUT2D eigenvalue weighted by atomic mass is 10.1. The normalized spacial score (nSPS) is 10.0. The Bertz CT molecular complexity index is 629. The van der Waals surface area contributed by atoms with Gasteiger partial charge < -0.3 is 4.90 Å². The summed E-state index contributed by atoms with van der Waals surface area (Å²) in [6.07, 6.45) is 0. The van der Waals surface area contributed by atoms with Crippen LogP contribution < -0.4 is 4.90 Å². The molecular formula is C16H15BrN2. The molecule has 19 heavy (non-hydrogen) atoms. The van der Waals surface area contributed by atoms with E-state index in [0.29, 0.717) is 5.56 Å². The maximum atomic E-state index is 9.25. The Morgan fingerprint density at radius 2 is 1.95 bits per heavy atom. The summed E-state index contributed by atoms with van der Waals surface area (Å²) in [6, 6.07) is 16.5. The molecule has 2 aromatic rings. The average molecular weight is 315 g/mol. The van der Waals surface area contributed by atoms with Crippen molar-refractivity contribution in [3.05, 3.63) is 63.6 Å². The molecule has 0 radical (unpaired) electrons. The Labute approximate surface area is 122 Å². The zero-order valence-corrected chi connectivity index (χ0v) is 12.6. The summed E-state index contributed by atoms with van der Waals surface area (Å²) in [5.41, 5.74) is 4.11. The average Bonchev–Trinajstić information content (AvgIpc) is 2.38. The molecule has 0 aliphatic heterocycles. The van der Waals surface area contributed by atoms with Crippen LogP contribution in [0.25, 0.3) is 0 Å². The highest BCUT2D eigenvalue weighted by Crippen LogP contribution is 2.27. The van der Waals surface area contributed by atoms with Gasteiger partial charge in [0.15, 0.2) is 0 Å². The monoisotopic (exact) mass is 314 g/mol. The first-order chi connectivity index (χ1) is 9.11. The highest BCUT2D eigenvalue weighted by atomic mass is 79.9. The van der Waals surface area contributed by atoms with Crippen LogP contribution in [0.3, 0.4) is 0 Å². The van der Waals surface area contributed by atoms with Crippen molar-refractivity contribution >= 4 is 21.6 Å². The Morgan fingerprint density at radius 3 is 2.63 bits per heavy atom. The van der Waals surface area contributed by atoms with Gasteiger partial charge in [-0.25, -0.2) is 0 Å². The molecule has 0 saturated carbocycles. The van der Waals surface area contributed by atoms with Gasteiger partial charge in [0, 0.05) is 18.1 Å². The Morgan fingerprint density at radius 1 is 1.21 bits per heavy atom. The number of hydrogen-bond donors (Lipinski definition) is 0. The van der Waals surface area contributed by atoms with Crippen LogP contribution in [-0.4, -0.2) is 7.05 Å². The van der Waals surface area contributed by atoms with Gasteiger partial charge in [-0.1, -0.05) is 35.9 Å². The number of anilines is 1. The van der Waals surface area contributed by atoms with Gasteiger partial charge >= 0.3 is 0 Å². The predicted molar refractivity (Wildman–Crippen MR) is 82.1 cm³/mol. The molecule has 2 rings (SSSR count). The number of aryl methyl sites for hydroxylation is 1. The molecule has 0 spiro atoms. The lowest BCUT2D eigenvalue weighted by molar-refractivity contribution is 0.918. The van der Waals surface area contributed by atoms with Gasteiger partial charge in [-0.2, -0.15) is 5.26 Å². The van der Waals surface area contributed by atoms with Crippen molar-refractivity contribution in [1.82, 2.24) is 0 Å². The van der Waals surface area contributed by atoms with Crippen LogP contribution >= 0.6 is 15.9 Å². The maximum Gasteiger partial charge on any atom is 0.103 e. The molecule has 0 N–H and O–H groups in total. The van der Waals surface area contributed by atoms with Gasteiger partial charge in [0.05, 0.1) is 11.3 Å². The van der Waals surface area contributed by atoms with Crippen LogP contribution in [-0.2, 0) is 6.54 Å². The second-order valence-electron chi connectivity index (χ2n) is 4.59. The summed E-state index contributed by atoms with van der Waals surface area (Å²) in [5.74, 6) is 0. The van der Waals surface area contributed by atoms with E-state index in [2.05, 4.69) is 58.1 Å². The number of nitriles is 1. The molecule has 0 aliphatic rings. The molecule has 2 aromatic carbocycles. The van der Waals surface area contributed by atoms with Crippen molar-refractivity contribution in [2.75, 3.05) is 11.9 Å². The molecule has 0 aliphatic carbocycles. The first-order valence-corrected chi connectivity index (χ1v) is 6.86. The van der Waals surface area contributed by atoms with Gasteiger partial charge in [-0.15, -0.1) is 0 Å². The van der Waals surface area contributed by atoms with Crippen molar-refractivity contribution < 1.29 is 0 Å². The summed E-state index contributed by atoms with van der Waals surface area (Å²) < 4.78 is 0.837. The molecule has 0 saturated heterocycles. The van der Waals surface area contributed by atoms with E-state index in [4.69, 9.17) is 0 Å². The second kappa shape index (κ2) is 5.90. The molecule has 0 amide bonds. The zero-order chi connectivity index (χ0) is 13.8. The third-order valence-electron chi connectivity index (χ3n) is 3.02. The summed E-state index contributed by atoms with van der Waals surface area (Å²) in [7, 11) is 2.00. The summed E-state index contributed by atoms with van der Waals surface area (Å²) >= 11 is 3.42. The number of halogens is 1. The molecule has 0 fully saturated rings. The first kappa shape index (κ1) is 13.6. The van der Waals surface area contributed by atoms with Gasteiger partial charge in [-0.3, -0.25) is 0 Å². The number of hydrogen-bond acceptors (Lipinski definition) is 2. The predicted octanol–water partition coefficient (Wildman–Crippen LogP) is 4.27. The van der Waals surface area contributed by atoms with Gasteiger partial charge in [0.2, 0.25) is 0 Å². The molecule has 0 atom stereocenters. The lowest BCUT2D eigenvalue weighted by Gasteiger charge is -2.21. The highest BCUT2D eigenvalue weighted by molar-refractivity contribution is 9.10. The van der Waals surface area contributed by atoms with Crippen LogP contribution in [0, 0.1) is 18.3 Å². The van der Waals surface area contributed by atoms with E-state index < -0.39 is 0 Å². The fraction of sp³-hybridized carbons (Fsp3) is 0.188. The smallest absolute Gasteiger partial charge is 0.103 e. The van der Waals surface area contributed by atoms with Crippen LogP contribution in [0.4, 0.5) is 5.69 Å². The van der Waals surface area contributed by atoms with Gasteiger partial charge in [-0.05, 0) is 40.5 Å². The van der Waals surface area contributed by atoms with Crippen molar-refractivity contribution in [2.45, 2.75) is 13.5 Å². The van der Waals surface area contributed by atoms with Crippen molar-refractivity contribution in [3.63, 3.8) is 0 Å². The lowest BCUT2D eigenvalue weighted by Crippen LogP contribution is -2.17. The Balaban J connectivity index is 2.28. The maximum absolute atomic E-state index is 9.25. The van der Waals surface area contributed by atoms with E-state index in [1.54, 1.807) is 0 Å². The zero-order valence-electron chi connectivity index (χ0n) is 11.0. The number of rotatable bonds is 3. The largest absolute Gasteiger partial charge is 0.369 e. The van der Waals surface area contributed by atoms with Crippen LogP contribution in [0.15, 0.2) is 46.9 Å². The molecule has 96 valence electrons. The quantitative estimate of drug-likeness (QED) is 0.846. The van der Waals surface area contributed by atoms with Crippen LogP contribution in [0.1, 0.15) is 16.7 Å². The minimum absolute atomic E-state index is 0.678. The highest BCUT2D eigenvalue weighted by Gasteiger charge is 2.10. The number of benzene rings is 2. The Hall–Kier alpha value is -1.79. The minimum Gasteiger partial charge on any atom is -0.369 e. The van der Waals surface area contributed by atoms with E-state index in [0.717, 1.165) is 16.7 Å². The van der Waals surface area contributed by atoms with Gasteiger partial charge in [0.25, 0.3) is 0 Å². The van der Waals surface area contributed by atoms with Crippen LogP contribution in [0.5, 0.6) is 0 Å². The van der Waals surface area contributed by atoms with E-state index in [1.807, 2.05) is 25.2 Å². The summed E-state index contributed by atoms with van der Waals surface area (Å²) in [5, 5.41) is 9.25. The molecule has 0 bridgehead atoms. The van der Waals surface area contributed by atoms with E-state index in [-0.39, 0.29) is 0 Å². The van der Waals surface area contributed by atoms with Crippen molar-refractivity contribution in [2.24, 2.45) is 0 Å². The third-order valence-corrected chi connectivity index (χ3v) is 3.68. The molecule has 0 unspecified atom stereocenters. The molecule has 0 aromatic heterocycles. The SMILES string of the molecule is Cc1cccc(CN(C)c2cccc(Br)c2C#N)c1. The fourth-order valence-electron chi connectivity index (χ4n) is 2.11. The molecular weight excluding hydrogens is 300 g/mol. The first-order valence-electron chi connectivity index (χ1n) is 6.07. The van der Waals surface area contributed by atoms with Crippen molar-refractivity contribution in [3.8, 4) is 6.07 Å². The third kappa shape index (κ3) is 3.15.